The van der Waals surface area contributed by atoms with Gasteiger partial charge in [-0.1, -0.05) is 5.21 Å². The summed E-state index contributed by atoms with van der Waals surface area (Å²) in [4.78, 5) is 4.18. The maximum absolute atomic E-state index is 5.68. The number of aryl methyl sites for hydroxylation is 1. The molecule has 0 aliphatic heterocycles. The van der Waals surface area contributed by atoms with E-state index in [1.165, 1.54) is 0 Å². The summed E-state index contributed by atoms with van der Waals surface area (Å²) < 4.78 is 1.76. The lowest BCUT2D eigenvalue weighted by Crippen LogP contribution is -2.12. The highest BCUT2D eigenvalue weighted by Gasteiger charge is 1.98. The first-order chi connectivity index (χ1) is 7.75. The Morgan fingerprint density at radius 2 is 2.38 bits per heavy atom. The van der Waals surface area contributed by atoms with Crippen molar-refractivity contribution in [2.24, 2.45) is 0 Å². The van der Waals surface area contributed by atoms with Crippen LogP contribution in [0.3, 0.4) is 0 Å². The zero-order valence-corrected chi connectivity index (χ0v) is 9.09. The first-order valence-electron chi connectivity index (χ1n) is 5.06. The molecule has 0 saturated heterocycles. The molecular formula is C10H14N6. The second kappa shape index (κ2) is 4.61. The van der Waals surface area contributed by atoms with Gasteiger partial charge in [-0.3, -0.25) is 4.68 Å². The Balaban J connectivity index is 1.87. The number of nitrogens with two attached hydrogens (primary N) is 1. The predicted octanol–water partition coefficient (Wildman–Crippen LogP) is 0.676. The Bertz CT molecular complexity index is 450. The van der Waals surface area contributed by atoms with Crippen molar-refractivity contribution in [2.45, 2.75) is 13.5 Å². The lowest BCUT2D eigenvalue weighted by Gasteiger charge is -2.07. The van der Waals surface area contributed by atoms with E-state index in [1.807, 2.05) is 19.2 Å². The SMILES string of the molecule is Cc1cc(NCCn2ccnn2)ncc1N. The van der Waals surface area contributed by atoms with E-state index in [0.29, 0.717) is 5.69 Å². The molecule has 6 nitrogen and oxygen atoms in total. The fraction of sp³-hybridized carbons (Fsp3) is 0.300. The minimum Gasteiger partial charge on any atom is -0.397 e. The molecule has 16 heavy (non-hydrogen) atoms. The van der Waals surface area contributed by atoms with Crippen molar-refractivity contribution in [1.29, 1.82) is 0 Å². The highest BCUT2D eigenvalue weighted by Crippen LogP contribution is 2.12. The Morgan fingerprint density at radius 1 is 1.50 bits per heavy atom. The second-order valence-corrected chi connectivity index (χ2v) is 3.52. The standard InChI is InChI=1S/C10H14N6/c1-8-6-10(13-7-9(8)11)12-2-4-16-5-3-14-15-16/h3,5-7H,2,4,11H2,1H3,(H,12,13). The molecule has 0 radical (unpaired) electrons. The van der Waals surface area contributed by atoms with E-state index in [1.54, 1.807) is 17.1 Å². The molecule has 0 unspecified atom stereocenters. The van der Waals surface area contributed by atoms with Crippen molar-refractivity contribution >= 4 is 11.5 Å². The maximum atomic E-state index is 5.68. The van der Waals surface area contributed by atoms with Crippen LogP contribution in [0.15, 0.2) is 24.7 Å². The van der Waals surface area contributed by atoms with Crippen LogP contribution >= 0.6 is 0 Å². The van der Waals surface area contributed by atoms with E-state index in [2.05, 4.69) is 20.6 Å². The molecule has 2 aromatic heterocycles. The molecule has 84 valence electrons. The fourth-order valence-corrected chi connectivity index (χ4v) is 1.31. The van der Waals surface area contributed by atoms with Gasteiger partial charge in [-0.05, 0) is 18.6 Å². The van der Waals surface area contributed by atoms with Crippen molar-refractivity contribution in [3.05, 3.63) is 30.2 Å². The Morgan fingerprint density at radius 3 is 3.06 bits per heavy atom. The average molecular weight is 218 g/mol. The number of hydrogen-bond donors (Lipinski definition) is 2. The molecule has 2 rings (SSSR count). The third kappa shape index (κ3) is 2.47. The van der Waals surface area contributed by atoms with Gasteiger partial charge in [-0.15, -0.1) is 5.10 Å². The molecular weight excluding hydrogens is 204 g/mol. The molecule has 0 aliphatic carbocycles. The van der Waals surface area contributed by atoms with Crippen molar-refractivity contribution in [3.8, 4) is 0 Å². The molecule has 0 spiro atoms. The number of nitrogens with one attached hydrogen (secondary N) is 1. The molecule has 0 aromatic carbocycles. The summed E-state index contributed by atoms with van der Waals surface area (Å²) >= 11 is 0. The minimum atomic E-state index is 0.710. The summed E-state index contributed by atoms with van der Waals surface area (Å²) in [6, 6.07) is 1.93. The zero-order chi connectivity index (χ0) is 11.4. The van der Waals surface area contributed by atoms with Gasteiger partial charge >= 0.3 is 0 Å². The van der Waals surface area contributed by atoms with E-state index < -0.39 is 0 Å². The van der Waals surface area contributed by atoms with Crippen LogP contribution in [0.4, 0.5) is 11.5 Å². The molecule has 2 heterocycles. The van der Waals surface area contributed by atoms with Crippen molar-refractivity contribution in [3.63, 3.8) is 0 Å². The maximum Gasteiger partial charge on any atom is 0.126 e. The topological polar surface area (TPSA) is 81.7 Å². The van der Waals surface area contributed by atoms with Gasteiger partial charge in [-0.2, -0.15) is 0 Å². The van der Waals surface area contributed by atoms with Gasteiger partial charge in [0.2, 0.25) is 0 Å². The van der Waals surface area contributed by atoms with Gasteiger partial charge in [-0.25, -0.2) is 4.98 Å². The number of anilines is 2. The quantitative estimate of drug-likeness (QED) is 0.788. The van der Waals surface area contributed by atoms with E-state index in [4.69, 9.17) is 5.73 Å². The number of hydrogen-bond acceptors (Lipinski definition) is 5. The van der Waals surface area contributed by atoms with Crippen LogP contribution in [0.25, 0.3) is 0 Å². The zero-order valence-electron chi connectivity index (χ0n) is 9.09. The third-order valence-corrected chi connectivity index (χ3v) is 2.27. The molecule has 0 amide bonds. The van der Waals surface area contributed by atoms with Crippen LogP contribution < -0.4 is 11.1 Å². The van der Waals surface area contributed by atoms with Crippen molar-refractivity contribution in [2.75, 3.05) is 17.6 Å². The first kappa shape index (κ1) is 10.4. The average Bonchev–Trinajstić information content (AvgIpc) is 2.76. The molecule has 2 aromatic rings. The monoisotopic (exact) mass is 218 g/mol. The van der Waals surface area contributed by atoms with Gasteiger partial charge in [0.15, 0.2) is 0 Å². The van der Waals surface area contributed by atoms with E-state index in [0.717, 1.165) is 24.5 Å². The fourth-order valence-electron chi connectivity index (χ4n) is 1.31. The molecule has 6 heteroatoms. The number of nitrogen functional groups attached to an aromatic ring is 1. The highest BCUT2D eigenvalue weighted by molar-refractivity contribution is 5.50. The smallest absolute Gasteiger partial charge is 0.126 e. The second-order valence-electron chi connectivity index (χ2n) is 3.52. The molecule has 0 fully saturated rings. The Hall–Kier alpha value is -2.11. The van der Waals surface area contributed by atoms with Gasteiger partial charge < -0.3 is 11.1 Å². The van der Waals surface area contributed by atoms with Gasteiger partial charge in [0, 0.05) is 12.7 Å². The Kier molecular flexibility index (Phi) is 3.00. The van der Waals surface area contributed by atoms with Crippen LogP contribution in [0, 0.1) is 6.92 Å². The summed E-state index contributed by atoms with van der Waals surface area (Å²) in [5, 5.41) is 10.8. The van der Waals surface area contributed by atoms with E-state index in [9.17, 15) is 0 Å². The molecule has 0 bridgehead atoms. The lowest BCUT2D eigenvalue weighted by molar-refractivity contribution is 0.608. The number of pyridine rings is 1. The number of nitrogens with zero attached hydrogens (tertiary/aromatic N) is 4. The summed E-state index contributed by atoms with van der Waals surface area (Å²) in [7, 11) is 0. The van der Waals surface area contributed by atoms with Gasteiger partial charge in [0.05, 0.1) is 24.6 Å². The van der Waals surface area contributed by atoms with Gasteiger partial charge in [0.25, 0.3) is 0 Å². The highest BCUT2D eigenvalue weighted by atomic mass is 15.4. The molecule has 0 aliphatic rings. The van der Waals surface area contributed by atoms with Crippen LogP contribution in [0.5, 0.6) is 0 Å². The number of rotatable bonds is 4. The predicted molar refractivity (Wildman–Crippen MR) is 61.9 cm³/mol. The summed E-state index contributed by atoms with van der Waals surface area (Å²) in [5.74, 6) is 0.826. The summed E-state index contributed by atoms with van der Waals surface area (Å²) in [6.45, 7) is 3.46. The van der Waals surface area contributed by atoms with Crippen molar-refractivity contribution < 1.29 is 0 Å². The van der Waals surface area contributed by atoms with Crippen LogP contribution in [0.2, 0.25) is 0 Å². The molecule has 0 atom stereocenters. The van der Waals surface area contributed by atoms with Crippen LogP contribution in [-0.2, 0) is 6.54 Å². The largest absolute Gasteiger partial charge is 0.397 e. The first-order valence-corrected chi connectivity index (χ1v) is 5.06. The number of aromatic nitrogens is 4. The Labute approximate surface area is 93.5 Å². The van der Waals surface area contributed by atoms with Crippen LogP contribution in [-0.4, -0.2) is 26.5 Å². The summed E-state index contributed by atoms with van der Waals surface area (Å²) in [6.07, 6.45) is 5.14. The van der Waals surface area contributed by atoms with E-state index >= 15 is 0 Å². The molecule has 0 saturated carbocycles. The minimum absolute atomic E-state index is 0.710. The lowest BCUT2D eigenvalue weighted by atomic mass is 10.2. The normalized spacial score (nSPS) is 10.3. The van der Waals surface area contributed by atoms with Crippen LogP contribution in [0.1, 0.15) is 5.56 Å². The summed E-state index contributed by atoms with van der Waals surface area (Å²) in [5.41, 5.74) is 7.42. The van der Waals surface area contributed by atoms with E-state index in [-0.39, 0.29) is 0 Å². The third-order valence-electron chi connectivity index (χ3n) is 2.27. The molecule has 3 N–H and O–H groups in total. The van der Waals surface area contributed by atoms with Gasteiger partial charge in [0.1, 0.15) is 5.82 Å². The van der Waals surface area contributed by atoms with Crippen molar-refractivity contribution in [1.82, 2.24) is 20.0 Å².